The van der Waals surface area contributed by atoms with Crippen molar-refractivity contribution < 1.29 is 14.7 Å². The van der Waals surface area contributed by atoms with Crippen LogP contribution in [0.4, 0.5) is 0 Å². The van der Waals surface area contributed by atoms with Crippen molar-refractivity contribution in [3.8, 4) is 0 Å². The summed E-state index contributed by atoms with van der Waals surface area (Å²) in [5, 5.41) is 9.12. The second-order valence-corrected chi connectivity index (χ2v) is 5.84. The van der Waals surface area contributed by atoms with Crippen LogP contribution in [-0.2, 0) is 4.79 Å². The molecule has 0 bridgehead atoms. The van der Waals surface area contributed by atoms with E-state index in [0.29, 0.717) is 25.0 Å². The van der Waals surface area contributed by atoms with E-state index >= 15 is 0 Å². The van der Waals surface area contributed by atoms with Crippen LogP contribution in [0.15, 0.2) is 29.3 Å². The van der Waals surface area contributed by atoms with Gasteiger partial charge in [-0.15, -0.1) is 0 Å². The number of piperidine rings is 1. The average molecular weight is 315 g/mol. The monoisotopic (exact) mass is 315 g/mol. The molecule has 2 aromatic heterocycles. The van der Waals surface area contributed by atoms with Crippen LogP contribution in [-0.4, -0.2) is 44.4 Å². The molecule has 1 amide bonds. The lowest BCUT2D eigenvalue weighted by molar-refractivity contribution is -0.143. The number of hydrogen-bond acceptors (Lipinski definition) is 4. The molecule has 7 heteroatoms. The fourth-order valence-electron chi connectivity index (χ4n) is 2.86. The lowest BCUT2D eigenvalue weighted by Crippen LogP contribution is -2.44. The Kier molecular flexibility index (Phi) is 3.85. The molecule has 120 valence electrons. The Hall–Kier alpha value is -2.70. The highest BCUT2D eigenvalue weighted by Gasteiger charge is 2.30. The number of nitrogens with zero attached hydrogens (tertiary/aromatic N) is 3. The van der Waals surface area contributed by atoms with Crippen LogP contribution in [0.1, 0.15) is 28.8 Å². The molecule has 1 fully saturated rings. The standard InChI is InChI=1S/C16H17N3O4/c1-10-4-5-13-17-7-12(15(21)19(13)8-10)14(20)18-6-2-3-11(9-18)16(22)23/h4-5,7-8,11H,2-3,6,9H2,1H3,(H,22,23). The molecule has 1 aliphatic heterocycles. The molecular formula is C16H17N3O4. The third kappa shape index (κ3) is 2.81. The molecule has 1 aliphatic rings. The number of carboxylic acid groups (broad SMARTS) is 1. The first-order valence-electron chi connectivity index (χ1n) is 7.47. The van der Waals surface area contributed by atoms with Gasteiger partial charge in [0.05, 0.1) is 5.92 Å². The fraction of sp³-hybridized carbons (Fsp3) is 0.375. The van der Waals surface area contributed by atoms with Crippen molar-refractivity contribution in [2.45, 2.75) is 19.8 Å². The van der Waals surface area contributed by atoms with Crippen LogP contribution in [0.5, 0.6) is 0 Å². The first kappa shape index (κ1) is 15.2. The zero-order chi connectivity index (χ0) is 16.6. The molecule has 0 radical (unpaired) electrons. The van der Waals surface area contributed by atoms with Crippen molar-refractivity contribution in [3.63, 3.8) is 0 Å². The summed E-state index contributed by atoms with van der Waals surface area (Å²) in [4.78, 5) is 41.8. The lowest BCUT2D eigenvalue weighted by Gasteiger charge is -2.30. The highest BCUT2D eigenvalue weighted by molar-refractivity contribution is 5.94. The number of rotatable bonds is 2. The van der Waals surface area contributed by atoms with E-state index in [4.69, 9.17) is 5.11 Å². The molecule has 0 spiro atoms. The van der Waals surface area contributed by atoms with Crippen molar-refractivity contribution in [1.82, 2.24) is 14.3 Å². The van der Waals surface area contributed by atoms with E-state index in [-0.39, 0.29) is 12.1 Å². The normalized spacial score (nSPS) is 18.1. The molecule has 0 aliphatic carbocycles. The second kappa shape index (κ2) is 5.83. The number of amides is 1. The number of pyridine rings is 1. The van der Waals surface area contributed by atoms with Gasteiger partial charge >= 0.3 is 5.97 Å². The SMILES string of the molecule is Cc1ccc2ncc(C(=O)N3CCCC(C(=O)O)C3)c(=O)n2c1. The number of aryl methyl sites for hydroxylation is 1. The summed E-state index contributed by atoms with van der Waals surface area (Å²) >= 11 is 0. The van der Waals surface area contributed by atoms with Crippen molar-refractivity contribution >= 4 is 17.5 Å². The highest BCUT2D eigenvalue weighted by Crippen LogP contribution is 2.18. The zero-order valence-corrected chi connectivity index (χ0v) is 12.7. The minimum Gasteiger partial charge on any atom is -0.481 e. The average Bonchev–Trinajstić information content (AvgIpc) is 2.55. The Bertz CT molecular complexity index is 843. The number of carbonyl (C=O) groups excluding carboxylic acids is 1. The van der Waals surface area contributed by atoms with E-state index in [9.17, 15) is 14.4 Å². The Balaban J connectivity index is 1.96. The van der Waals surface area contributed by atoms with Gasteiger partial charge in [-0.2, -0.15) is 0 Å². The molecule has 23 heavy (non-hydrogen) atoms. The largest absolute Gasteiger partial charge is 0.481 e. The highest BCUT2D eigenvalue weighted by atomic mass is 16.4. The van der Waals surface area contributed by atoms with E-state index in [1.807, 2.05) is 13.0 Å². The number of carbonyl (C=O) groups is 2. The number of likely N-dealkylation sites (tertiary alicyclic amines) is 1. The smallest absolute Gasteiger partial charge is 0.308 e. The van der Waals surface area contributed by atoms with Gasteiger partial charge in [-0.05, 0) is 31.4 Å². The summed E-state index contributed by atoms with van der Waals surface area (Å²) in [7, 11) is 0. The number of hydrogen-bond donors (Lipinski definition) is 1. The van der Waals surface area contributed by atoms with Gasteiger partial charge in [0, 0.05) is 25.5 Å². The van der Waals surface area contributed by atoms with Crippen molar-refractivity contribution in [2.75, 3.05) is 13.1 Å². The van der Waals surface area contributed by atoms with Gasteiger partial charge in [-0.1, -0.05) is 6.07 Å². The maximum atomic E-state index is 12.6. The predicted molar refractivity (Wildman–Crippen MR) is 82.5 cm³/mol. The number of fused-ring (bicyclic) bond motifs is 1. The van der Waals surface area contributed by atoms with Gasteiger partial charge in [-0.3, -0.25) is 18.8 Å². The van der Waals surface area contributed by atoms with Crippen LogP contribution in [0.2, 0.25) is 0 Å². The fourth-order valence-corrected chi connectivity index (χ4v) is 2.86. The quantitative estimate of drug-likeness (QED) is 0.890. The molecule has 1 unspecified atom stereocenters. The minimum atomic E-state index is -0.911. The van der Waals surface area contributed by atoms with Gasteiger partial charge in [0.25, 0.3) is 11.5 Å². The third-order valence-corrected chi connectivity index (χ3v) is 4.14. The van der Waals surface area contributed by atoms with E-state index in [2.05, 4.69) is 4.98 Å². The topological polar surface area (TPSA) is 92.0 Å². The van der Waals surface area contributed by atoms with Crippen LogP contribution in [0.3, 0.4) is 0 Å². The first-order chi connectivity index (χ1) is 11.0. The molecule has 0 aromatic carbocycles. The van der Waals surface area contributed by atoms with Crippen molar-refractivity contribution in [1.29, 1.82) is 0 Å². The van der Waals surface area contributed by atoms with Crippen LogP contribution < -0.4 is 5.56 Å². The zero-order valence-electron chi connectivity index (χ0n) is 12.7. The lowest BCUT2D eigenvalue weighted by atomic mass is 9.98. The molecule has 3 rings (SSSR count). The summed E-state index contributed by atoms with van der Waals surface area (Å²) in [6, 6.07) is 3.55. The maximum absolute atomic E-state index is 12.6. The van der Waals surface area contributed by atoms with Crippen molar-refractivity contribution in [3.05, 3.63) is 46.0 Å². The van der Waals surface area contributed by atoms with Gasteiger partial charge < -0.3 is 10.0 Å². The molecule has 2 aromatic rings. The summed E-state index contributed by atoms with van der Waals surface area (Å²) in [5.74, 6) is -1.94. The molecule has 0 saturated carbocycles. The molecular weight excluding hydrogens is 298 g/mol. The van der Waals surface area contributed by atoms with Gasteiger partial charge in [0.1, 0.15) is 11.2 Å². The summed E-state index contributed by atoms with van der Waals surface area (Å²) in [6.07, 6.45) is 4.08. The molecule has 1 saturated heterocycles. The third-order valence-electron chi connectivity index (χ3n) is 4.14. The first-order valence-corrected chi connectivity index (χ1v) is 7.47. The second-order valence-electron chi connectivity index (χ2n) is 5.84. The van der Waals surface area contributed by atoms with E-state index in [1.54, 1.807) is 12.3 Å². The van der Waals surface area contributed by atoms with E-state index in [0.717, 1.165) is 5.56 Å². The summed E-state index contributed by atoms with van der Waals surface area (Å²) < 4.78 is 1.35. The summed E-state index contributed by atoms with van der Waals surface area (Å²) in [5.41, 5.74) is 0.898. The van der Waals surface area contributed by atoms with Crippen LogP contribution >= 0.6 is 0 Å². The number of aromatic nitrogens is 2. The Morgan fingerprint density at radius 2 is 2.13 bits per heavy atom. The Morgan fingerprint density at radius 3 is 2.87 bits per heavy atom. The minimum absolute atomic E-state index is 0.0286. The van der Waals surface area contributed by atoms with Crippen molar-refractivity contribution in [2.24, 2.45) is 5.92 Å². The Morgan fingerprint density at radius 1 is 1.35 bits per heavy atom. The van der Waals surface area contributed by atoms with Gasteiger partial charge in [-0.25, -0.2) is 4.98 Å². The van der Waals surface area contributed by atoms with E-state index in [1.165, 1.54) is 15.5 Å². The number of carboxylic acids is 1. The maximum Gasteiger partial charge on any atom is 0.308 e. The predicted octanol–water partition coefficient (Wildman–Crippen LogP) is 0.940. The molecule has 3 heterocycles. The van der Waals surface area contributed by atoms with Gasteiger partial charge in [0.15, 0.2) is 0 Å². The summed E-state index contributed by atoms with van der Waals surface area (Å²) in [6.45, 7) is 2.44. The van der Waals surface area contributed by atoms with Crippen LogP contribution in [0, 0.1) is 12.8 Å². The Labute approximate surface area is 132 Å². The number of aliphatic carboxylic acids is 1. The van der Waals surface area contributed by atoms with Gasteiger partial charge in [0.2, 0.25) is 0 Å². The molecule has 1 N–H and O–H groups in total. The molecule has 1 atom stereocenters. The van der Waals surface area contributed by atoms with E-state index < -0.39 is 23.4 Å². The molecule has 7 nitrogen and oxygen atoms in total. The van der Waals surface area contributed by atoms with Crippen LogP contribution in [0.25, 0.3) is 5.65 Å².